The maximum absolute atomic E-state index is 13.1. The standard InChI is InChI=1S/C17H15FN2O3S/c18-12-3-1-2-10(6-12)8-24-9-15-16(21)20-14-7-11(17(22)23)4-5-13(14)19-15/h1-7,15,19H,8-9H2,(H,20,21)(H,22,23)/t15-/m1/s1. The highest BCUT2D eigenvalue weighted by Gasteiger charge is 2.25. The topological polar surface area (TPSA) is 78.4 Å². The lowest BCUT2D eigenvalue weighted by Gasteiger charge is -2.26. The first kappa shape index (κ1) is 16.3. The molecule has 0 aliphatic carbocycles. The van der Waals surface area contributed by atoms with Crippen molar-refractivity contribution in [2.24, 2.45) is 0 Å². The fourth-order valence-corrected chi connectivity index (χ4v) is 3.42. The van der Waals surface area contributed by atoms with E-state index < -0.39 is 12.0 Å². The third-order valence-corrected chi connectivity index (χ3v) is 4.72. The maximum Gasteiger partial charge on any atom is 0.335 e. The van der Waals surface area contributed by atoms with Crippen LogP contribution in [0, 0.1) is 5.82 Å². The molecule has 0 saturated carbocycles. The van der Waals surface area contributed by atoms with Gasteiger partial charge in [-0.05, 0) is 35.9 Å². The summed E-state index contributed by atoms with van der Waals surface area (Å²) in [6.45, 7) is 0. The highest BCUT2D eigenvalue weighted by Crippen LogP contribution is 2.29. The summed E-state index contributed by atoms with van der Waals surface area (Å²) in [6.07, 6.45) is 0. The number of hydrogen-bond acceptors (Lipinski definition) is 4. The minimum absolute atomic E-state index is 0.120. The second-order valence-electron chi connectivity index (χ2n) is 5.40. The Morgan fingerprint density at radius 3 is 2.79 bits per heavy atom. The van der Waals surface area contributed by atoms with Gasteiger partial charge >= 0.3 is 5.97 Å². The van der Waals surface area contributed by atoms with Crippen molar-refractivity contribution >= 4 is 35.0 Å². The van der Waals surface area contributed by atoms with Crippen LogP contribution in [0.3, 0.4) is 0 Å². The third-order valence-electron chi connectivity index (χ3n) is 3.61. The van der Waals surface area contributed by atoms with Gasteiger partial charge in [-0.15, -0.1) is 0 Å². The SMILES string of the molecule is O=C(O)c1ccc2c(c1)NC(=O)[C@@H](CSCc1cccc(F)c1)N2. The van der Waals surface area contributed by atoms with E-state index in [9.17, 15) is 14.0 Å². The number of carboxylic acid groups (broad SMARTS) is 1. The summed E-state index contributed by atoms with van der Waals surface area (Å²) in [5.41, 5.74) is 2.14. The van der Waals surface area contributed by atoms with Crippen LogP contribution >= 0.6 is 11.8 Å². The van der Waals surface area contributed by atoms with Crippen molar-refractivity contribution in [1.82, 2.24) is 0 Å². The fourth-order valence-electron chi connectivity index (χ4n) is 2.42. The van der Waals surface area contributed by atoms with Crippen LogP contribution in [-0.4, -0.2) is 28.8 Å². The van der Waals surface area contributed by atoms with Crippen LogP contribution in [0.1, 0.15) is 15.9 Å². The van der Waals surface area contributed by atoms with E-state index in [1.54, 1.807) is 12.1 Å². The molecule has 0 radical (unpaired) electrons. The molecule has 0 saturated heterocycles. The number of nitrogens with one attached hydrogen (secondary N) is 2. The molecule has 7 heteroatoms. The average Bonchev–Trinajstić information content (AvgIpc) is 2.55. The molecule has 0 spiro atoms. The molecule has 1 atom stereocenters. The van der Waals surface area contributed by atoms with Crippen molar-refractivity contribution < 1.29 is 19.1 Å². The number of carbonyl (C=O) groups excluding carboxylic acids is 1. The Labute approximate surface area is 142 Å². The average molecular weight is 346 g/mol. The van der Waals surface area contributed by atoms with Gasteiger partial charge in [0, 0.05) is 11.5 Å². The molecule has 3 rings (SSSR count). The van der Waals surface area contributed by atoms with E-state index >= 15 is 0 Å². The molecular formula is C17H15FN2O3S. The Morgan fingerprint density at radius 2 is 2.04 bits per heavy atom. The first-order valence-corrected chi connectivity index (χ1v) is 8.45. The Hall–Kier alpha value is -2.54. The number of carboxylic acids is 1. The van der Waals surface area contributed by atoms with Crippen molar-refractivity contribution in [2.45, 2.75) is 11.8 Å². The predicted molar refractivity (Wildman–Crippen MR) is 92.0 cm³/mol. The molecule has 1 aliphatic rings. The number of rotatable bonds is 5. The quantitative estimate of drug-likeness (QED) is 0.775. The number of benzene rings is 2. The zero-order chi connectivity index (χ0) is 17.1. The van der Waals surface area contributed by atoms with Gasteiger partial charge in [-0.25, -0.2) is 9.18 Å². The van der Waals surface area contributed by atoms with Crippen LogP contribution in [0.4, 0.5) is 15.8 Å². The van der Waals surface area contributed by atoms with Gasteiger partial charge < -0.3 is 15.7 Å². The molecule has 0 bridgehead atoms. The Morgan fingerprint density at radius 1 is 1.21 bits per heavy atom. The molecular weight excluding hydrogens is 331 g/mol. The van der Waals surface area contributed by atoms with Gasteiger partial charge in [0.15, 0.2) is 0 Å². The highest BCUT2D eigenvalue weighted by atomic mass is 32.2. The summed E-state index contributed by atoms with van der Waals surface area (Å²) in [6, 6.07) is 10.5. The number of halogens is 1. The Balaban J connectivity index is 1.62. The molecule has 0 unspecified atom stereocenters. The zero-order valence-corrected chi connectivity index (χ0v) is 13.4. The van der Waals surface area contributed by atoms with Crippen molar-refractivity contribution in [1.29, 1.82) is 0 Å². The van der Waals surface area contributed by atoms with Crippen molar-refractivity contribution in [2.75, 3.05) is 16.4 Å². The lowest BCUT2D eigenvalue weighted by atomic mass is 10.1. The summed E-state index contributed by atoms with van der Waals surface area (Å²) in [5.74, 6) is -0.405. The number of anilines is 2. The number of amides is 1. The van der Waals surface area contributed by atoms with Crippen molar-refractivity contribution in [3.63, 3.8) is 0 Å². The van der Waals surface area contributed by atoms with E-state index in [1.807, 2.05) is 6.07 Å². The third kappa shape index (κ3) is 3.68. The molecule has 1 amide bonds. The maximum atomic E-state index is 13.1. The largest absolute Gasteiger partial charge is 0.478 e. The van der Waals surface area contributed by atoms with Gasteiger partial charge in [0.1, 0.15) is 11.9 Å². The van der Waals surface area contributed by atoms with E-state index in [2.05, 4.69) is 10.6 Å². The summed E-state index contributed by atoms with van der Waals surface area (Å²) < 4.78 is 13.1. The molecule has 24 heavy (non-hydrogen) atoms. The van der Waals surface area contributed by atoms with E-state index in [1.165, 1.54) is 36.0 Å². The first-order chi connectivity index (χ1) is 11.5. The monoisotopic (exact) mass is 346 g/mol. The second kappa shape index (κ2) is 6.92. The molecule has 1 aliphatic heterocycles. The van der Waals surface area contributed by atoms with Crippen LogP contribution in [0.25, 0.3) is 0 Å². The van der Waals surface area contributed by atoms with E-state index in [0.717, 1.165) is 5.56 Å². The predicted octanol–water partition coefficient (Wildman–Crippen LogP) is 3.19. The Kier molecular flexibility index (Phi) is 4.71. The lowest BCUT2D eigenvalue weighted by Crippen LogP contribution is -2.40. The second-order valence-corrected chi connectivity index (χ2v) is 6.43. The fraction of sp³-hybridized carbons (Fsp3) is 0.176. The van der Waals surface area contributed by atoms with E-state index in [4.69, 9.17) is 5.11 Å². The van der Waals surface area contributed by atoms with Gasteiger partial charge in [-0.3, -0.25) is 4.79 Å². The van der Waals surface area contributed by atoms with Gasteiger partial charge in [-0.1, -0.05) is 12.1 Å². The van der Waals surface area contributed by atoms with Crippen LogP contribution in [0.2, 0.25) is 0 Å². The van der Waals surface area contributed by atoms with Gasteiger partial charge in [0.05, 0.1) is 16.9 Å². The highest BCUT2D eigenvalue weighted by molar-refractivity contribution is 7.98. The summed E-state index contributed by atoms with van der Waals surface area (Å²) in [7, 11) is 0. The smallest absolute Gasteiger partial charge is 0.335 e. The van der Waals surface area contributed by atoms with Gasteiger partial charge in [-0.2, -0.15) is 11.8 Å². The number of hydrogen-bond donors (Lipinski definition) is 3. The van der Waals surface area contributed by atoms with Crippen LogP contribution < -0.4 is 10.6 Å². The number of thioether (sulfide) groups is 1. The molecule has 1 heterocycles. The van der Waals surface area contributed by atoms with Crippen LogP contribution in [0.15, 0.2) is 42.5 Å². The number of carbonyl (C=O) groups is 2. The van der Waals surface area contributed by atoms with Crippen LogP contribution in [-0.2, 0) is 10.5 Å². The lowest BCUT2D eigenvalue weighted by molar-refractivity contribution is -0.116. The minimum Gasteiger partial charge on any atom is -0.478 e. The molecule has 3 N–H and O–H groups in total. The molecule has 2 aromatic carbocycles. The first-order valence-electron chi connectivity index (χ1n) is 7.30. The van der Waals surface area contributed by atoms with E-state index in [-0.39, 0.29) is 17.3 Å². The van der Waals surface area contributed by atoms with E-state index in [0.29, 0.717) is 22.9 Å². The normalized spacial score (nSPS) is 16.0. The van der Waals surface area contributed by atoms with Crippen molar-refractivity contribution in [3.8, 4) is 0 Å². The molecule has 0 aromatic heterocycles. The molecule has 2 aromatic rings. The molecule has 124 valence electrons. The van der Waals surface area contributed by atoms with Crippen molar-refractivity contribution in [3.05, 3.63) is 59.4 Å². The van der Waals surface area contributed by atoms with Gasteiger partial charge in [0.2, 0.25) is 5.91 Å². The van der Waals surface area contributed by atoms with Crippen LogP contribution in [0.5, 0.6) is 0 Å². The zero-order valence-electron chi connectivity index (χ0n) is 12.6. The number of fused-ring (bicyclic) bond motifs is 1. The molecule has 5 nitrogen and oxygen atoms in total. The molecule has 0 fully saturated rings. The number of aromatic carboxylic acids is 1. The summed E-state index contributed by atoms with van der Waals surface area (Å²) >= 11 is 1.52. The Bertz CT molecular complexity index is 797. The van der Waals surface area contributed by atoms with Gasteiger partial charge in [0.25, 0.3) is 0 Å². The summed E-state index contributed by atoms with van der Waals surface area (Å²) in [5, 5.41) is 14.8. The minimum atomic E-state index is -1.04. The summed E-state index contributed by atoms with van der Waals surface area (Å²) in [4.78, 5) is 23.1.